The van der Waals surface area contributed by atoms with E-state index in [-0.39, 0.29) is 18.1 Å². The molecule has 3 rings (SSSR count). The number of aromatic nitrogens is 1. The Kier molecular flexibility index (Phi) is 3.91. The number of carbonyl (C=O) groups excluding carboxylic acids is 1. The molecule has 2 unspecified atom stereocenters. The van der Waals surface area contributed by atoms with Crippen LogP contribution in [0.15, 0.2) is 35.7 Å². The van der Waals surface area contributed by atoms with Crippen LogP contribution in [0, 0.1) is 12.8 Å². The van der Waals surface area contributed by atoms with Gasteiger partial charge in [0.25, 0.3) is 5.91 Å². The summed E-state index contributed by atoms with van der Waals surface area (Å²) in [5, 5.41) is 22.2. The van der Waals surface area contributed by atoms with Gasteiger partial charge < -0.3 is 15.1 Å². The van der Waals surface area contributed by atoms with E-state index >= 15 is 0 Å². The Labute approximate surface area is 137 Å². The van der Waals surface area contributed by atoms with Gasteiger partial charge >= 0.3 is 5.97 Å². The second-order valence-electron chi connectivity index (χ2n) is 5.62. The van der Waals surface area contributed by atoms with E-state index in [4.69, 9.17) is 0 Å². The van der Waals surface area contributed by atoms with E-state index in [1.54, 1.807) is 12.3 Å². The number of carboxylic acids is 1. The monoisotopic (exact) mass is 332 g/mol. The lowest BCUT2D eigenvalue weighted by atomic mass is 9.91. The molecule has 0 bridgehead atoms. The Hall–Kier alpha value is -2.25. The molecule has 2 heterocycles. The van der Waals surface area contributed by atoms with Crippen LogP contribution >= 0.6 is 11.3 Å². The number of benzene rings is 1. The molecule has 0 saturated carbocycles. The number of hydrogen-bond donors (Lipinski definition) is 2. The molecule has 1 aliphatic heterocycles. The Morgan fingerprint density at radius 1 is 1.43 bits per heavy atom. The summed E-state index contributed by atoms with van der Waals surface area (Å²) in [7, 11) is 0. The van der Waals surface area contributed by atoms with Gasteiger partial charge in [-0.05, 0) is 12.5 Å². The van der Waals surface area contributed by atoms with Crippen molar-refractivity contribution in [3.63, 3.8) is 0 Å². The minimum Gasteiger partial charge on any atom is -0.481 e. The Morgan fingerprint density at radius 3 is 2.70 bits per heavy atom. The second kappa shape index (κ2) is 5.75. The summed E-state index contributed by atoms with van der Waals surface area (Å²) in [5.41, 5.74) is -0.569. The molecule has 23 heavy (non-hydrogen) atoms. The van der Waals surface area contributed by atoms with Crippen LogP contribution in [0.5, 0.6) is 0 Å². The molecule has 1 aliphatic rings. The number of nitrogens with zero attached hydrogens (tertiary/aromatic N) is 2. The number of aliphatic hydroxyl groups is 1. The van der Waals surface area contributed by atoms with Crippen molar-refractivity contribution in [1.82, 2.24) is 9.88 Å². The average molecular weight is 332 g/mol. The number of thiazole rings is 1. The highest BCUT2D eigenvalue weighted by Gasteiger charge is 2.59. The van der Waals surface area contributed by atoms with Gasteiger partial charge in [-0.15, -0.1) is 11.3 Å². The maximum Gasteiger partial charge on any atom is 0.312 e. The summed E-state index contributed by atoms with van der Waals surface area (Å²) in [6.45, 7) is 1.95. The largest absolute Gasteiger partial charge is 0.481 e. The fourth-order valence-electron chi connectivity index (χ4n) is 2.79. The van der Waals surface area contributed by atoms with E-state index in [0.717, 1.165) is 16.9 Å². The summed E-state index contributed by atoms with van der Waals surface area (Å²) in [4.78, 5) is 29.8. The lowest BCUT2D eigenvalue weighted by Gasteiger charge is -2.22. The molecule has 1 aromatic carbocycles. The van der Waals surface area contributed by atoms with Gasteiger partial charge in [-0.1, -0.05) is 30.3 Å². The van der Waals surface area contributed by atoms with Crippen LogP contribution in [0.2, 0.25) is 0 Å². The fourth-order valence-corrected chi connectivity index (χ4v) is 3.73. The number of aryl methyl sites for hydroxylation is 1. The van der Waals surface area contributed by atoms with E-state index in [2.05, 4.69) is 4.98 Å². The third-order valence-corrected chi connectivity index (χ3v) is 5.06. The SMILES string of the molecule is Cc1csc(C2(O)C(=O)N(Cc3ccccc3)CC2C(=O)O)n1. The molecule has 0 spiro atoms. The van der Waals surface area contributed by atoms with Crippen molar-refractivity contribution in [3.05, 3.63) is 52.0 Å². The minimum atomic E-state index is -2.10. The maximum atomic E-state index is 12.7. The summed E-state index contributed by atoms with van der Waals surface area (Å²) in [5.74, 6) is -3.04. The van der Waals surface area contributed by atoms with Gasteiger partial charge in [-0.2, -0.15) is 0 Å². The first-order chi connectivity index (χ1) is 10.9. The molecule has 120 valence electrons. The Balaban J connectivity index is 1.95. The highest BCUT2D eigenvalue weighted by Crippen LogP contribution is 2.40. The van der Waals surface area contributed by atoms with Gasteiger partial charge in [0.15, 0.2) is 0 Å². The molecule has 1 amide bonds. The zero-order valence-corrected chi connectivity index (χ0v) is 13.3. The molecule has 6 nitrogen and oxygen atoms in total. The van der Waals surface area contributed by atoms with Crippen LogP contribution < -0.4 is 0 Å². The molecular weight excluding hydrogens is 316 g/mol. The van der Waals surface area contributed by atoms with Crippen LogP contribution in [0.1, 0.15) is 16.3 Å². The molecule has 7 heteroatoms. The predicted octanol–water partition coefficient (Wildman–Crippen LogP) is 1.38. The van der Waals surface area contributed by atoms with E-state index in [0.29, 0.717) is 5.69 Å². The number of carbonyl (C=O) groups is 2. The molecule has 0 aliphatic carbocycles. The number of rotatable bonds is 4. The van der Waals surface area contributed by atoms with Gasteiger partial charge in [0.1, 0.15) is 10.9 Å². The lowest BCUT2D eigenvalue weighted by Crippen LogP contribution is -2.43. The van der Waals surface area contributed by atoms with Crippen molar-refractivity contribution < 1.29 is 19.8 Å². The van der Waals surface area contributed by atoms with Gasteiger partial charge in [-0.3, -0.25) is 9.59 Å². The van der Waals surface area contributed by atoms with E-state index in [9.17, 15) is 19.8 Å². The van der Waals surface area contributed by atoms with Crippen LogP contribution in [-0.4, -0.2) is 38.5 Å². The first-order valence-electron chi connectivity index (χ1n) is 7.14. The standard InChI is InChI=1S/C16H16N2O4S/c1-10-9-23-14(17-10)16(22)12(13(19)20)8-18(15(16)21)7-11-5-3-2-4-6-11/h2-6,9,12,22H,7-8H2,1H3,(H,19,20). The first kappa shape index (κ1) is 15.6. The topological polar surface area (TPSA) is 90.7 Å². The average Bonchev–Trinajstić information content (AvgIpc) is 3.06. The third kappa shape index (κ3) is 2.62. The summed E-state index contributed by atoms with van der Waals surface area (Å²) < 4.78 is 0. The smallest absolute Gasteiger partial charge is 0.312 e. The van der Waals surface area contributed by atoms with Crippen LogP contribution in [0.4, 0.5) is 0 Å². The van der Waals surface area contributed by atoms with Crippen molar-refractivity contribution in [1.29, 1.82) is 0 Å². The number of aliphatic carboxylic acids is 1. The summed E-state index contributed by atoms with van der Waals surface area (Å²) in [6.07, 6.45) is 0. The molecule has 0 radical (unpaired) electrons. The van der Waals surface area contributed by atoms with Gasteiger partial charge in [0, 0.05) is 24.2 Å². The Morgan fingerprint density at radius 2 is 2.13 bits per heavy atom. The predicted molar refractivity (Wildman–Crippen MR) is 83.7 cm³/mol. The fraction of sp³-hybridized carbons (Fsp3) is 0.312. The first-order valence-corrected chi connectivity index (χ1v) is 8.02. The third-order valence-electron chi connectivity index (χ3n) is 3.98. The van der Waals surface area contributed by atoms with Crippen molar-refractivity contribution in [2.24, 2.45) is 5.92 Å². The molecule has 2 aromatic rings. The summed E-state index contributed by atoms with van der Waals surface area (Å²) in [6, 6.07) is 9.27. The maximum absolute atomic E-state index is 12.7. The van der Waals surface area contributed by atoms with Gasteiger partial charge in [0.05, 0.1) is 0 Å². The quantitative estimate of drug-likeness (QED) is 0.883. The van der Waals surface area contributed by atoms with Crippen molar-refractivity contribution in [2.75, 3.05) is 6.54 Å². The van der Waals surface area contributed by atoms with Gasteiger partial charge in [0.2, 0.25) is 5.60 Å². The molecular formula is C16H16N2O4S. The highest BCUT2D eigenvalue weighted by molar-refractivity contribution is 7.10. The second-order valence-corrected chi connectivity index (χ2v) is 6.48. The van der Waals surface area contributed by atoms with Crippen LogP contribution in [0.25, 0.3) is 0 Å². The molecule has 1 aromatic heterocycles. The van der Waals surface area contributed by atoms with Gasteiger partial charge in [-0.25, -0.2) is 4.98 Å². The highest BCUT2D eigenvalue weighted by atomic mass is 32.1. The Bertz CT molecular complexity index is 746. The number of likely N-dealkylation sites (tertiary alicyclic amines) is 1. The number of hydrogen-bond acceptors (Lipinski definition) is 5. The zero-order valence-electron chi connectivity index (χ0n) is 12.5. The normalized spacial score (nSPS) is 24.2. The molecule has 2 atom stereocenters. The van der Waals surface area contributed by atoms with Crippen LogP contribution in [-0.2, 0) is 21.7 Å². The van der Waals surface area contributed by atoms with Crippen LogP contribution in [0.3, 0.4) is 0 Å². The molecule has 2 N–H and O–H groups in total. The minimum absolute atomic E-state index is 0.0435. The zero-order chi connectivity index (χ0) is 16.6. The van der Waals surface area contributed by atoms with Crippen molar-refractivity contribution in [3.8, 4) is 0 Å². The van der Waals surface area contributed by atoms with E-state index in [1.807, 2.05) is 30.3 Å². The van der Waals surface area contributed by atoms with Crippen molar-refractivity contribution >= 4 is 23.2 Å². The number of amides is 1. The molecule has 1 fully saturated rings. The summed E-state index contributed by atoms with van der Waals surface area (Å²) >= 11 is 1.11. The molecule has 1 saturated heterocycles. The van der Waals surface area contributed by atoms with E-state index in [1.165, 1.54) is 4.90 Å². The van der Waals surface area contributed by atoms with E-state index < -0.39 is 23.4 Å². The number of carboxylic acid groups (broad SMARTS) is 1. The lowest BCUT2D eigenvalue weighted by molar-refractivity contribution is -0.157. The van der Waals surface area contributed by atoms with Crippen molar-refractivity contribution in [2.45, 2.75) is 19.1 Å².